The molecule has 0 amide bonds. The van der Waals surface area contributed by atoms with Crippen molar-refractivity contribution in [1.82, 2.24) is 15.2 Å². The number of hydrogen-bond donors (Lipinski definition) is 1. The van der Waals surface area contributed by atoms with Gasteiger partial charge in [-0.2, -0.15) is 0 Å². The molecule has 0 spiro atoms. The minimum Gasteiger partial charge on any atom is -0.316 e. The Labute approximate surface area is 108 Å². The average Bonchev–Trinajstić information content (AvgIpc) is 2.83. The fourth-order valence-corrected chi connectivity index (χ4v) is 3.17. The van der Waals surface area contributed by atoms with E-state index in [1.54, 1.807) is 11.3 Å². The molecule has 0 bridgehead atoms. The van der Waals surface area contributed by atoms with Crippen LogP contribution < -0.4 is 5.32 Å². The molecule has 2 heterocycles. The first-order valence-electron chi connectivity index (χ1n) is 6.69. The summed E-state index contributed by atoms with van der Waals surface area (Å²) in [5.74, 6) is 0.836. The maximum Gasteiger partial charge on any atom is 0.0794 e. The molecule has 1 fully saturated rings. The Balaban J connectivity index is 1.83. The van der Waals surface area contributed by atoms with E-state index in [9.17, 15) is 0 Å². The highest BCUT2D eigenvalue weighted by Gasteiger charge is 2.17. The van der Waals surface area contributed by atoms with E-state index in [1.807, 2.05) is 11.7 Å². The summed E-state index contributed by atoms with van der Waals surface area (Å²) in [6.07, 6.45) is 5.96. The van der Waals surface area contributed by atoms with Crippen LogP contribution in [0.3, 0.4) is 0 Å². The van der Waals surface area contributed by atoms with Gasteiger partial charge in [-0.25, -0.2) is 0 Å². The lowest BCUT2D eigenvalue weighted by molar-refractivity contribution is 0.202. The third kappa shape index (κ3) is 4.37. The summed E-state index contributed by atoms with van der Waals surface area (Å²) in [4.78, 5) is 8.14. The van der Waals surface area contributed by atoms with Crippen LogP contribution in [0.1, 0.15) is 31.1 Å². The quantitative estimate of drug-likeness (QED) is 0.843. The Morgan fingerprint density at radius 2 is 2.53 bits per heavy atom. The molecule has 2 rings (SSSR count). The molecule has 0 aliphatic carbocycles. The van der Waals surface area contributed by atoms with Crippen LogP contribution in [-0.2, 0) is 6.54 Å². The van der Waals surface area contributed by atoms with Crippen LogP contribution in [0.2, 0.25) is 0 Å². The number of thiazole rings is 1. The summed E-state index contributed by atoms with van der Waals surface area (Å²) in [7, 11) is 0. The second-order valence-corrected chi connectivity index (χ2v) is 5.89. The van der Waals surface area contributed by atoms with E-state index in [0.717, 1.165) is 12.5 Å². The Morgan fingerprint density at radius 1 is 1.59 bits per heavy atom. The first-order valence-corrected chi connectivity index (χ1v) is 7.57. The zero-order chi connectivity index (χ0) is 11.9. The van der Waals surface area contributed by atoms with Gasteiger partial charge in [-0.15, -0.1) is 11.3 Å². The molecular formula is C13H23N3S. The number of piperidine rings is 1. The van der Waals surface area contributed by atoms with Gasteiger partial charge in [0, 0.05) is 24.2 Å². The van der Waals surface area contributed by atoms with Gasteiger partial charge in [-0.1, -0.05) is 6.92 Å². The minimum absolute atomic E-state index is 0.836. The van der Waals surface area contributed by atoms with Gasteiger partial charge in [0.15, 0.2) is 0 Å². The Morgan fingerprint density at radius 3 is 3.18 bits per heavy atom. The topological polar surface area (TPSA) is 28.2 Å². The fourth-order valence-electron chi connectivity index (χ4n) is 2.54. The van der Waals surface area contributed by atoms with Crippen molar-refractivity contribution >= 4 is 11.3 Å². The summed E-state index contributed by atoms with van der Waals surface area (Å²) in [6.45, 7) is 8.18. The molecule has 0 aromatic carbocycles. The van der Waals surface area contributed by atoms with E-state index in [2.05, 4.69) is 22.1 Å². The molecule has 1 saturated heterocycles. The fraction of sp³-hybridized carbons (Fsp3) is 0.769. The van der Waals surface area contributed by atoms with Crippen LogP contribution in [0.4, 0.5) is 0 Å². The van der Waals surface area contributed by atoms with E-state index in [0.29, 0.717) is 0 Å². The van der Waals surface area contributed by atoms with Crippen molar-refractivity contribution in [3.05, 3.63) is 16.6 Å². The number of hydrogen-bond acceptors (Lipinski definition) is 4. The molecule has 4 heteroatoms. The van der Waals surface area contributed by atoms with Crippen molar-refractivity contribution in [2.24, 2.45) is 5.92 Å². The molecule has 1 aromatic rings. The van der Waals surface area contributed by atoms with Gasteiger partial charge in [-0.3, -0.25) is 9.88 Å². The Bertz CT molecular complexity index is 294. The van der Waals surface area contributed by atoms with Gasteiger partial charge < -0.3 is 5.32 Å². The van der Waals surface area contributed by atoms with Crippen molar-refractivity contribution in [3.8, 4) is 0 Å². The summed E-state index contributed by atoms with van der Waals surface area (Å²) >= 11 is 1.77. The average molecular weight is 253 g/mol. The van der Waals surface area contributed by atoms with Crippen LogP contribution in [0.5, 0.6) is 0 Å². The van der Waals surface area contributed by atoms with Gasteiger partial charge >= 0.3 is 0 Å². The van der Waals surface area contributed by atoms with Crippen LogP contribution >= 0.6 is 11.3 Å². The first kappa shape index (κ1) is 13.0. The molecular weight excluding hydrogens is 230 g/mol. The van der Waals surface area contributed by atoms with Crippen molar-refractivity contribution in [2.75, 3.05) is 26.2 Å². The van der Waals surface area contributed by atoms with E-state index in [1.165, 1.54) is 50.3 Å². The molecule has 1 aromatic heterocycles. The van der Waals surface area contributed by atoms with Crippen molar-refractivity contribution < 1.29 is 0 Å². The zero-order valence-electron chi connectivity index (χ0n) is 10.7. The normalized spacial score (nSPS) is 20.9. The molecule has 17 heavy (non-hydrogen) atoms. The lowest BCUT2D eigenvalue weighted by Crippen LogP contribution is -2.38. The minimum atomic E-state index is 0.836. The molecule has 1 unspecified atom stereocenters. The highest BCUT2D eigenvalue weighted by molar-refractivity contribution is 7.09. The zero-order valence-corrected chi connectivity index (χ0v) is 11.5. The number of aromatic nitrogens is 1. The Hall–Kier alpha value is -0.450. The second kappa shape index (κ2) is 7.09. The van der Waals surface area contributed by atoms with Gasteiger partial charge in [0.2, 0.25) is 0 Å². The maximum absolute atomic E-state index is 4.16. The summed E-state index contributed by atoms with van der Waals surface area (Å²) in [5, 5.41) is 3.50. The second-order valence-electron chi connectivity index (χ2n) is 4.92. The van der Waals surface area contributed by atoms with Crippen LogP contribution in [0, 0.1) is 5.92 Å². The van der Waals surface area contributed by atoms with Crippen molar-refractivity contribution in [2.45, 2.75) is 32.7 Å². The molecule has 3 nitrogen and oxygen atoms in total. The van der Waals surface area contributed by atoms with Crippen LogP contribution in [-0.4, -0.2) is 36.1 Å². The maximum atomic E-state index is 4.16. The first-order chi connectivity index (χ1) is 8.38. The molecule has 1 aliphatic heterocycles. The van der Waals surface area contributed by atoms with Gasteiger partial charge in [0.25, 0.3) is 0 Å². The van der Waals surface area contributed by atoms with Gasteiger partial charge in [-0.05, 0) is 44.8 Å². The standard InChI is InChI=1S/C13H23N3S/c1-2-6-16(10-13-8-15-11-17-13)9-12-4-3-5-14-7-12/h8,11-12,14H,2-7,9-10H2,1H3. The molecule has 1 aliphatic rings. The highest BCUT2D eigenvalue weighted by atomic mass is 32.1. The largest absolute Gasteiger partial charge is 0.316 e. The number of rotatable bonds is 6. The van der Waals surface area contributed by atoms with Crippen LogP contribution in [0.25, 0.3) is 0 Å². The lowest BCUT2D eigenvalue weighted by Gasteiger charge is -2.29. The Kier molecular flexibility index (Phi) is 5.42. The van der Waals surface area contributed by atoms with Crippen LogP contribution in [0.15, 0.2) is 11.7 Å². The summed E-state index contributed by atoms with van der Waals surface area (Å²) in [5.41, 5.74) is 1.93. The third-order valence-corrected chi connectivity index (χ3v) is 4.08. The molecule has 1 N–H and O–H groups in total. The highest BCUT2D eigenvalue weighted by Crippen LogP contribution is 2.15. The number of nitrogens with one attached hydrogen (secondary N) is 1. The third-order valence-electron chi connectivity index (χ3n) is 3.32. The summed E-state index contributed by atoms with van der Waals surface area (Å²) < 4.78 is 0. The predicted molar refractivity (Wildman–Crippen MR) is 73.3 cm³/mol. The van der Waals surface area contributed by atoms with E-state index < -0.39 is 0 Å². The molecule has 0 radical (unpaired) electrons. The van der Waals surface area contributed by atoms with E-state index >= 15 is 0 Å². The summed E-state index contributed by atoms with van der Waals surface area (Å²) in [6, 6.07) is 0. The SMILES string of the molecule is CCCN(Cc1cncs1)CC1CCCNC1. The molecule has 0 saturated carbocycles. The number of nitrogens with zero attached hydrogens (tertiary/aromatic N) is 2. The van der Waals surface area contributed by atoms with Gasteiger partial charge in [0.1, 0.15) is 0 Å². The predicted octanol–water partition coefficient (Wildman–Crippen LogP) is 2.35. The monoisotopic (exact) mass is 253 g/mol. The van der Waals surface area contributed by atoms with Crippen molar-refractivity contribution in [1.29, 1.82) is 0 Å². The van der Waals surface area contributed by atoms with Gasteiger partial charge in [0.05, 0.1) is 5.51 Å². The van der Waals surface area contributed by atoms with Crippen molar-refractivity contribution in [3.63, 3.8) is 0 Å². The van der Waals surface area contributed by atoms with E-state index in [4.69, 9.17) is 0 Å². The van der Waals surface area contributed by atoms with E-state index in [-0.39, 0.29) is 0 Å². The molecule has 96 valence electrons. The molecule has 1 atom stereocenters. The smallest absolute Gasteiger partial charge is 0.0794 e. The lowest BCUT2D eigenvalue weighted by atomic mass is 9.99.